The van der Waals surface area contributed by atoms with Gasteiger partial charge in [0.15, 0.2) is 0 Å². The molecule has 2 aromatic heterocycles. The Labute approximate surface area is 131 Å². The lowest BCUT2D eigenvalue weighted by atomic mass is 10.2. The predicted octanol–water partition coefficient (Wildman–Crippen LogP) is 3.59. The Morgan fingerprint density at radius 2 is 2.19 bits per heavy atom. The number of aryl methyl sites for hydroxylation is 1. The number of nitrogens with one attached hydrogen (secondary N) is 1. The smallest absolute Gasteiger partial charge is 0.129 e. The Hall–Kier alpha value is -1.39. The molecule has 0 atom stereocenters. The van der Waals surface area contributed by atoms with Crippen molar-refractivity contribution in [3.8, 4) is 0 Å². The fraction of sp³-hybridized carbons (Fsp3) is 0.471. The zero-order valence-corrected chi connectivity index (χ0v) is 13.6. The van der Waals surface area contributed by atoms with Crippen molar-refractivity contribution >= 4 is 17.2 Å². The van der Waals surface area contributed by atoms with Crippen LogP contribution < -0.4 is 10.2 Å². The van der Waals surface area contributed by atoms with Crippen LogP contribution in [0.3, 0.4) is 0 Å². The van der Waals surface area contributed by atoms with Crippen LogP contribution in [0.2, 0.25) is 0 Å². The average Bonchev–Trinajstić information content (AvgIpc) is 3.20. The molecule has 0 unspecified atom stereocenters. The van der Waals surface area contributed by atoms with Crippen molar-refractivity contribution in [2.75, 3.05) is 11.9 Å². The molecule has 1 aliphatic rings. The van der Waals surface area contributed by atoms with E-state index in [1.54, 1.807) is 11.3 Å². The number of anilines is 1. The van der Waals surface area contributed by atoms with Gasteiger partial charge in [0, 0.05) is 31.9 Å². The van der Waals surface area contributed by atoms with E-state index in [-0.39, 0.29) is 0 Å². The van der Waals surface area contributed by atoms with Gasteiger partial charge >= 0.3 is 0 Å². The minimum Gasteiger partial charge on any atom is -0.355 e. The highest BCUT2D eigenvalue weighted by Crippen LogP contribution is 2.21. The zero-order valence-electron chi connectivity index (χ0n) is 12.8. The van der Waals surface area contributed by atoms with Crippen molar-refractivity contribution in [2.24, 2.45) is 0 Å². The number of thiophene rings is 1. The predicted molar refractivity (Wildman–Crippen MR) is 89.9 cm³/mol. The normalized spacial score (nSPS) is 14.4. The molecule has 0 saturated heterocycles. The van der Waals surface area contributed by atoms with Gasteiger partial charge in [-0.05, 0) is 59.3 Å². The van der Waals surface area contributed by atoms with Crippen molar-refractivity contribution in [3.63, 3.8) is 0 Å². The molecule has 3 rings (SSSR count). The highest BCUT2D eigenvalue weighted by Gasteiger charge is 2.20. The molecule has 1 fully saturated rings. The first-order valence-corrected chi connectivity index (χ1v) is 8.64. The molecular formula is C17H23N3S. The first-order chi connectivity index (χ1) is 10.2. The molecule has 4 heteroatoms. The van der Waals surface area contributed by atoms with Crippen molar-refractivity contribution in [1.82, 2.24) is 10.3 Å². The van der Waals surface area contributed by atoms with E-state index in [1.807, 2.05) is 0 Å². The summed E-state index contributed by atoms with van der Waals surface area (Å²) in [6.07, 6.45) is 3.64. The Bertz CT molecular complexity index is 576. The lowest BCUT2D eigenvalue weighted by Crippen LogP contribution is -2.20. The maximum Gasteiger partial charge on any atom is 0.129 e. The first kappa shape index (κ1) is 14.5. The van der Waals surface area contributed by atoms with Crippen LogP contribution in [0.25, 0.3) is 0 Å². The van der Waals surface area contributed by atoms with E-state index < -0.39 is 0 Å². The largest absolute Gasteiger partial charge is 0.355 e. The van der Waals surface area contributed by atoms with E-state index in [1.165, 1.54) is 29.7 Å². The van der Waals surface area contributed by atoms with Gasteiger partial charge in [-0.25, -0.2) is 4.98 Å². The summed E-state index contributed by atoms with van der Waals surface area (Å²) < 4.78 is 0. The second kappa shape index (κ2) is 6.58. The Kier molecular flexibility index (Phi) is 4.56. The Morgan fingerprint density at radius 1 is 1.33 bits per heavy atom. The van der Waals surface area contributed by atoms with Crippen LogP contribution in [-0.2, 0) is 19.5 Å². The van der Waals surface area contributed by atoms with Gasteiger partial charge < -0.3 is 10.2 Å². The molecule has 2 aromatic rings. The third kappa shape index (κ3) is 4.05. The molecule has 0 radical (unpaired) electrons. The van der Waals surface area contributed by atoms with E-state index in [0.29, 0.717) is 0 Å². The van der Waals surface area contributed by atoms with E-state index in [2.05, 4.69) is 53.1 Å². The maximum absolute atomic E-state index is 4.78. The molecule has 0 spiro atoms. The second-order valence-corrected chi connectivity index (χ2v) is 6.60. The standard InChI is InChI=1S/C17H23N3S/c1-3-15-8-14(10-18-16-4-5-16)9-17(19-15)20(2)11-13-6-7-21-12-13/h6-9,12,16,18H,3-5,10-11H2,1-2H3. The van der Waals surface area contributed by atoms with Crippen LogP contribution in [0, 0.1) is 0 Å². The summed E-state index contributed by atoms with van der Waals surface area (Å²) in [6.45, 7) is 4.04. The van der Waals surface area contributed by atoms with Crippen LogP contribution in [0.5, 0.6) is 0 Å². The van der Waals surface area contributed by atoms with Crippen LogP contribution in [0.4, 0.5) is 5.82 Å². The van der Waals surface area contributed by atoms with E-state index in [9.17, 15) is 0 Å². The lowest BCUT2D eigenvalue weighted by Gasteiger charge is -2.19. The third-order valence-corrected chi connectivity index (χ3v) is 4.58. The number of pyridine rings is 1. The summed E-state index contributed by atoms with van der Waals surface area (Å²) in [5.74, 6) is 1.08. The van der Waals surface area contributed by atoms with Crippen LogP contribution in [-0.4, -0.2) is 18.1 Å². The number of nitrogens with zero attached hydrogens (tertiary/aromatic N) is 2. The van der Waals surface area contributed by atoms with Crippen LogP contribution in [0.15, 0.2) is 29.0 Å². The number of hydrogen-bond acceptors (Lipinski definition) is 4. The van der Waals surface area contributed by atoms with Gasteiger partial charge in [0.05, 0.1) is 0 Å². The highest BCUT2D eigenvalue weighted by atomic mass is 32.1. The molecule has 1 N–H and O–H groups in total. The Morgan fingerprint density at radius 3 is 2.86 bits per heavy atom. The molecule has 3 nitrogen and oxygen atoms in total. The molecule has 2 heterocycles. The average molecular weight is 301 g/mol. The number of rotatable bonds is 7. The number of hydrogen-bond donors (Lipinski definition) is 1. The van der Waals surface area contributed by atoms with Crippen molar-refractivity contribution < 1.29 is 0 Å². The Balaban J connectivity index is 1.73. The minimum atomic E-state index is 0.746. The first-order valence-electron chi connectivity index (χ1n) is 7.70. The summed E-state index contributed by atoms with van der Waals surface area (Å²) in [5.41, 5.74) is 3.88. The lowest BCUT2D eigenvalue weighted by molar-refractivity contribution is 0.685. The fourth-order valence-corrected chi connectivity index (χ4v) is 3.06. The molecule has 0 aromatic carbocycles. The molecular weight excluding hydrogens is 278 g/mol. The van der Waals surface area contributed by atoms with Gasteiger partial charge in [0.1, 0.15) is 5.82 Å². The highest BCUT2D eigenvalue weighted by molar-refractivity contribution is 7.07. The minimum absolute atomic E-state index is 0.746. The molecule has 0 amide bonds. The summed E-state index contributed by atoms with van der Waals surface area (Å²) in [5, 5.41) is 7.92. The van der Waals surface area contributed by atoms with Crippen molar-refractivity contribution in [2.45, 2.75) is 45.3 Å². The molecule has 21 heavy (non-hydrogen) atoms. The number of aromatic nitrogens is 1. The zero-order chi connectivity index (χ0) is 14.7. The van der Waals surface area contributed by atoms with Gasteiger partial charge in [-0.1, -0.05) is 6.92 Å². The van der Waals surface area contributed by atoms with Gasteiger partial charge in [-0.15, -0.1) is 0 Å². The van der Waals surface area contributed by atoms with Crippen LogP contribution in [0.1, 0.15) is 36.6 Å². The molecule has 0 bridgehead atoms. The van der Waals surface area contributed by atoms with Crippen molar-refractivity contribution in [1.29, 1.82) is 0 Å². The second-order valence-electron chi connectivity index (χ2n) is 5.82. The fourth-order valence-electron chi connectivity index (χ4n) is 2.40. The van der Waals surface area contributed by atoms with Gasteiger partial charge in [0.25, 0.3) is 0 Å². The van der Waals surface area contributed by atoms with E-state index in [0.717, 1.165) is 31.4 Å². The third-order valence-electron chi connectivity index (χ3n) is 3.85. The SMILES string of the molecule is CCc1cc(CNC2CC2)cc(N(C)Cc2ccsc2)n1. The molecule has 0 aliphatic heterocycles. The van der Waals surface area contributed by atoms with Crippen molar-refractivity contribution in [3.05, 3.63) is 45.8 Å². The monoisotopic (exact) mass is 301 g/mol. The summed E-state index contributed by atoms with van der Waals surface area (Å²) in [7, 11) is 2.12. The topological polar surface area (TPSA) is 28.2 Å². The summed E-state index contributed by atoms with van der Waals surface area (Å²) >= 11 is 1.75. The van der Waals surface area contributed by atoms with E-state index in [4.69, 9.17) is 4.98 Å². The molecule has 1 aliphatic carbocycles. The summed E-state index contributed by atoms with van der Waals surface area (Å²) in [4.78, 5) is 7.01. The quantitative estimate of drug-likeness (QED) is 0.847. The van der Waals surface area contributed by atoms with Gasteiger partial charge in [-0.2, -0.15) is 11.3 Å². The molecule has 112 valence electrons. The van der Waals surface area contributed by atoms with Gasteiger partial charge in [-0.3, -0.25) is 0 Å². The van der Waals surface area contributed by atoms with Crippen LogP contribution >= 0.6 is 11.3 Å². The van der Waals surface area contributed by atoms with E-state index >= 15 is 0 Å². The maximum atomic E-state index is 4.78. The van der Waals surface area contributed by atoms with Gasteiger partial charge in [0.2, 0.25) is 0 Å². The summed E-state index contributed by atoms with van der Waals surface area (Å²) in [6, 6.07) is 7.38. The molecule has 1 saturated carbocycles.